The molecule has 33 nitrogen and oxygen atoms in total. The van der Waals surface area contributed by atoms with E-state index in [1.54, 1.807) is 100 Å². The largest absolute Gasteiger partial charge is 0.493 e. The SMILES string of the molecule is C=C(NS(=O)(=O)c1cccc(Nc2cccc3cnccc23)n1)c1cccnc1N1CC(C)CC1(C)C.CC(C)COc1cc(F)cc(-c2ccc(C(=O)NS(=O)(=O)c3cccc(N)n3)c(N3CC(C(F)(F)F)CC3(C)C)n2)c1.CC1CN(c2ncccc2C(=O)NS(=O)(=O)c2cccc(OCc3ccccc3Cl)n2)C(C)(C)C1.C[C@@H]1CN(c2nc(-c3cc(F)cc(F)c3)ccc2C(=O)NS(=O)(=O)c2ccc[n+](C)c2N)C(C)(C)C1. The highest BCUT2D eigenvalue weighted by atomic mass is 35.5. The van der Waals surface area contributed by atoms with Crippen LogP contribution in [0.4, 0.5) is 72.8 Å². The van der Waals surface area contributed by atoms with Crippen LogP contribution in [-0.2, 0) is 53.7 Å². The van der Waals surface area contributed by atoms with E-state index in [2.05, 4.69) is 124 Å². The molecule has 4 aliphatic heterocycles. The summed E-state index contributed by atoms with van der Waals surface area (Å²) in [5.41, 5.74) is 12.8. The minimum absolute atomic E-state index is 0.0141. The van der Waals surface area contributed by atoms with Crippen LogP contribution < -0.4 is 69.3 Å². The van der Waals surface area contributed by atoms with Gasteiger partial charge in [-0.1, -0.05) is 101 Å². The Bertz CT molecular complexity index is 7770. The number of aromatic nitrogens is 9. The van der Waals surface area contributed by atoms with Gasteiger partial charge in [-0.25, -0.2) is 70.2 Å². The number of nitrogen functional groups attached to an aromatic ring is 2. The molecule has 4 aromatic carbocycles. The number of ether oxygens (including phenoxy) is 2. The van der Waals surface area contributed by atoms with Crippen molar-refractivity contribution in [1.82, 2.24) is 58.8 Å². The van der Waals surface area contributed by atoms with Gasteiger partial charge in [-0.05, 0) is 238 Å². The first-order valence-corrected chi connectivity index (χ1v) is 54.1. The van der Waals surface area contributed by atoms with Crippen LogP contribution >= 0.6 is 11.6 Å². The van der Waals surface area contributed by atoms with E-state index in [1.807, 2.05) is 73.7 Å². The molecule has 13 aromatic rings. The number of carbonyl (C=O) groups is 3. The quantitative estimate of drug-likeness (QED) is 0.0186. The van der Waals surface area contributed by atoms with Gasteiger partial charge in [0.1, 0.15) is 64.7 Å². The second kappa shape index (κ2) is 44.6. The molecule has 0 saturated carbocycles. The number of sulfonamides is 4. The average molecular weight is 2160 g/mol. The number of nitrogens with one attached hydrogen (secondary N) is 5. The molecule has 0 radical (unpaired) electrons. The molecular weight excluding hydrogens is 2040 g/mol. The van der Waals surface area contributed by atoms with Crippen molar-refractivity contribution < 1.29 is 88.4 Å². The number of pyridine rings is 9. The summed E-state index contributed by atoms with van der Waals surface area (Å²) < 4.78 is 210. The Morgan fingerprint density at radius 1 is 0.500 bits per heavy atom. The van der Waals surface area contributed by atoms with Gasteiger partial charge in [0.25, 0.3) is 63.6 Å². The van der Waals surface area contributed by atoms with Crippen molar-refractivity contribution in [2.45, 2.75) is 171 Å². The van der Waals surface area contributed by atoms with Crippen LogP contribution in [0.25, 0.3) is 39.0 Å². The summed E-state index contributed by atoms with van der Waals surface area (Å²) in [5.74, 6) is -3.49. The molecule has 4 atom stereocenters. The summed E-state index contributed by atoms with van der Waals surface area (Å²) in [6.07, 6.45) is 6.37. The maximum absolute atomic E-state index is 14.5. The number of hydrogen-bond acceptors (Lipinski definition) is 28. The van der Waals surface area contributed by atoms with Crippen molar-refractivity contribution in [1.29, 1.82) is 0 Å². The molecule has 9 aromatic heterocycles. The van der Waals surface area contributed by atoms with Gasteiger partial charge in [0.15, 0.2) is 20.0 Å². The van der Waals surface area contributed by atoms with Gasteiger partial charge in [0, 0.05) is 135 Å². The van der Waals surface area contributed by atoms with Crippen LogP contribution in [0.5, 0.6) is 11.6 Å². The molecule has 4 aliphatic rings. The molecule has 4 saturated heterocycles. The Morgan fingerprint density at radius 2 is 0.980 bits per heavy atom. The number of hydrogen-bond donors (Lipinski definition) is 7. The maximum Gasteiger partial charge on any atom is 0.393 e. The predicted octanol–water partition coefficient (Wildman–Crippen LogP) is 18.2. The monoisotopic (exact) mass is 2150 g/mol. The maximum atomic E-state index is 14.5. The second-order valence-electron chi connectivity index (χ2n) is 40.2. The fourth-order valence-corrected chi connectivity index (χ4v) is 23.1. The van der Waals surface area contributed by atoms with E-state index in [0.29, 0.717) is 47.2 Å². The van der Waals surface area contributed by atoms with Crippen molar-refractivity contribution in [2.24, 2.45) is 36.6 Å². The summed E-state index contributed by atoms with van der Waals surface area (Å²) in [6, 6.07) is 49.9. The number of fused-ring (bicyclic) bond motifs is 1. The van der Waals surface area contributed by atoms with Crippen molar-refractivity contribution in [3.05, 3.63) is 288 Å². The molecule has 9 N–H and O–H groups in total. The number of rotatable bonds is 27. The molecule has 17 rings (SSSR count). The molecular formula is C106H116ClF6N20O13S4+. The Labute approximate surface area is 872 Å². The zero-order valence-electron chi connectivity index (χ0n) is 84.7. The molecule has 3 amide bonds. The van der Waals surface area contributed by atoms with Crippen molar-refractivity contribution >= 4 is 132 Å². The molecule has 0 bridgehead atoms. The van der Waals surface area contributed by atoms with Gasteiger partial charge in [0.05, 0.1) is 59.5 Å². The lowest BCUT2D eigenvalue weighted by Crippen LogP contribution is -2.41. The number of nitrogens with zero attached hydrogens (tertiary/aromatic N) is 13. The number of benzene rings is 4. The molecule has 4 fully saturated rings. The minimum Gasteiger partial charge on any atom is -0.493 e. The van der Waals surface area contributed by atoms with Gasteiger partial charge in [-0.2, -0.15) is 43.4 Å². The first-order chi connectivity index (χ1) is 70.4. The van der Waals surface area contributed by atoms with E-state index in [1.165, 1.54) is 100 Å². The molecule has 150 heavy (non-hydrogen) atoms. The second-order valence-corrected chi connectivity index (χ2v) is 47.2. The van der Waals surface area contributed by atoms with E-state index < -0.39 is 110 Å². The number of amides is 3. The number of anilines is 8. The molecule has 3 unspecified atom stereocenters. The molecule has 0 spiro atoms. The van der Waals surface area contributed by atoms with Crippen LogP contribution in [0.2, 0.25) is 5.02 Å². The highest BCUT2D eigenvalue weighted by molar-refractivity contribution is 7.91. The Hall–Kier alpha value is -14.7. The van der Waals surface area contributed by atoms with E-state index >= 15 is 0 Å². The van der Waals surface area contributed by atoms with Crippen LogP contribution in [0.1, 0.15) is 158 Å². The topological polar surface area (TPSA) is 438 Å². The van der Waals surface area contributed by atoms with Gasteiger partial charge in [-0.3, -0.25) is 29.8 Å². The van der Waals surface area contributed by atoms with E-state index in [0.717, 1.165) is 84.5 Å². The average Bonchev–Trinajstić information content (AvgIpc) is 1.58. The van der Waals surface area contributed by atoms with E-state index in [9.17, 15) is 74.4 Å². The summed E-state index contributed by atoms with van der Waals surface area (Å²) in [5, 5.41) is 4.74. The lowest BCUT2D eigenvalue weighted by Gasteiger charge is -2.34. The van der Waals surface area contributed by atoms with Gasteiger partial charge in [-0.15, -0.1) is 0 Å². The smallest absolute Gasteiger partial charge is 0.393 e. The van der Waals surface area contributed by atoms with Gasteiger partial charge in [0.2, 0.25) is 5.88 Å². The number of halogens is 7. The van der Waals surface area contributed by atoms with Crippen LogP contribution in [0, 0.1) is 47.0 Å². The van der Waals surface area contributed by atoms with Crippen molar-refractivity contribution in [3.63, 3.8) is 0 Å². The summed E-state index contributed by atoms with van der Waals surface area (Å²) in [6.45, 7) is 32.0. The van der Waals surface area contributed by atoms with E-state index in [4.69, 9.17) is 32.5 Å². The first kappa shape index (κ1) is 111. The third-order valence-corrected chi connectivity index (χ3v) is 31.1. The number of aryl methyl sites for hydroxylation is 1. The van der Waals surface area contributed by atoms with Crippen LogP contribution in [0.3, 0.4) is 0 Å². The van der Waals surface area contributed by atoms with Crippen molar-refractivity contribution in [2.75, 3.05) is 69.2 Å². The number of nitrogens with two attached hydrogens (primary N) is 2. The fourth-order valence-electron chi connectivity index (χ4n) is 18.9. The third-order valence-electron chi connectivity index (χ3n) is 25.6. The Morgan fingerprint density at radius 3 is 1.52 bits per heavy atom. The lowest BCUT2D eigenvalue weighted by molar-refractivity contribution is -0.658. The normalized spacial score (nSPS) is 17.1. The van der Waals surface area contributed by atoms with Crippen LogP contribution in [0.15, 0.2) is 258 Å². The zero-order valence-corrected chi connectivity index (χ0v) is 88.7. The highest BCUT2D eigenvalue weighted by Gasteiger charge is 2.52. The lowest BCUT2D eigenvalue weighted by atomic mass is 9.96. The predicted molar refractivity (Wildman–Crippen MR) is 563 cm³/mol. The fraction of sp³-hybridized carbons (Fsp3) is 0.321. The molecule has 790 valence electrons. The Kier molecular flexibility index (Phi) is 33.0. The number of carbonyl (C=O) groups excluding carboxylic acids is 3. The summed E-state index contributed by atoms with van der Waals surface area (Å²) in [7, 11) is -15.5. The van der Waals surface area contributed by atoms with Crippen molar-refractivity contribution in [3.8, 4) is 34.1 Å². The molecule has 44 heteroatoms. The minimum atomic E-state index is -4.51. The van der Waals surface area contributed by atoms with E-state index in [-0.39, 0.29) is 131 Å². The molecule has 0 aliphatic carbocycles. The van der Waals surface area contributed by atoms with Crippen LogP contribution in [-0.4, -0.2) is 152 Å². The van der Waals surface area contributed by atoms with Gasteiger partial charge < -0.3 is 40.1 Å². The highest BCUT2D eigenvalue weighted by Crippen LogP contribution is 2.47. The number of alkyl halides is 3. The zero-order chi connectivity index (χ0) is 109. The summed E-state index contributed by atoms with van der Waals surface area (Å²) in [4.78, 5) is 81.6. The first-order valence-electron chi connectivity index (χ1n) is 47.7. The third kappa shape index (κ3) is 26.4. The molecule has 13 heterocycles. The Balaban J connectivity index is 0.000000158. The summed E-state index contributed by atoms with van der Waals surface area (Å²) >= 11 is 6.14. The standard InChI is InChI=1S/C28H31F4N5O4S.C28H30N6O2S.C25H27ClN4O4S.C25H27F2N5O3S/c1-16(2)15-41-20-11-17(10-19(29)12-20)22-9-8-21(26(38)36-42(39,40)24-7-5-6-23(33)35-24)25(34-22)37-14-18(28(30,31)32)13-27(37,3)4;1-19-16-28(3,4)34(18-19)27-22(9-7-14-30-27)20(2)33-37(35,36)26-12-6-11-25(32-26)31-24-10-5-8-21-17-29-15-13-23(21)24;1-17-14-25(2,3)30(15-17)23-19(9-7-13-27-23)24(31)29-35(32,33)22-12-6-11-21(28-22)34-16-18-8-4-5-10-20(18)26;1-15-13-25(2,3)32(14-15)23-19(7-8-20(29-23)16-10-17(26)12-18(27)11-16)24(33)30-36(34,35)21-6-5-9-31(4)22(21)28/h5-12,16,18H,13-15H2,1-4H3,(H2,33,35)(H,36,38);5-15,17,19,33H,2,16,18H2,1,3-4H3,(H,31,32);4-13,17H,14-16H2,1-3H3,(H,29,31);5-12,15,28H,13-14H2,1-4H3,(H,30,33)/p+1/t;;;15-/m...0/s1. The van der Waals surface area contributed by atoms with Gasteiger partial charge >= 0.3 is 6.18 Å².